The van der Waals surface area contributed by atoms with Crippen LogP contribution in [0.1, 0.15) is 29.8 Å². The van der Waals surface area contributed by atoms with Crippen LogP contribution in [0.5, 0.6) is 0 Å². The van der Waals surface area contributed by atoms with Crippen LogP contribution in [-0.2, 0) is 15.3 Å². The van der Waals surface area contributed by atoms with Crippen molar-refractivity contribution in [1.29, 1.82) is 0 Å². The number of carbonyl (C=O) groups excluding carboxylic acids is 3. The second kappa shape index (κ2) is 10.7. The van der Waals surface area contributed by atoms with Gasteiger partial charge in [-0.2, -0.15) is 0 Å². The number of thioether (sulfide) groups is 1. The molecule has 8 heteroatoms. The van der Waals surface area contributed by atoms with Gasteiger partial charge in [0.1, 0.15) is 0 Å². The molecule has 0 radical (unpaired) electrons. The van der Waals surface area contributed by atoms with E-state index in [1.165, 1.54) is 6.92 Å². The molecule has 1 atom stereocenters. The van der Waals surface area contributed by atoms with Crippen LogP contribution in [0.4, 0.5) is 4.79 Å². The van der Waals surface area contributed by atoms with E-state index in [4.69, 9.17) is 16.3 Å². The van der Waals surface area contributed by atoms with Crippen molar-refractivity contribution in [3.8, 4) is 0 Å². The fraction of sp³-hybridized carbons (Fsp3) is 0.250. The lowest BCUT2D eigenvalue weighted by atomic mass is 10.1. The van der Waals surface area contributed by atoms with Gasteiger partial charge in [0, 0.05) is 22.2 Å². The van der Waals surface area contributed by atoms with Gasteiger partial charge in [0.15, 0.2) is 6.10 Å². The summed E-state index contributed by atoms with van der Waals surface area (Å²) in [5.41, 5.74) is 1.37. The molecule has 0 aliphatic heterocycles. The van der Waals surface area contributed by atoms with Crippen LogP contribution in [0.15, 0.2) is 53.4 Å². The highest BCUT2D eigenvalue weighted by atomic mass is 35.5. The molecule has 0 fully saturated rings. The number of hydrogen-bond acceptors (Lipinski definition) is 5. The maximum Gasteiger partial charge on any atom is 0.338 e. The molecule has 0 aliphatic rings. The monoisotopic (exact) mass is 420 g/mol. The number of halogens is 1. The van der Waals surface area contributed by atoms with Gasteiger partial charge in [0.2, 0.25) is 0 Å². The summed E-state index contributed by atoms with van der Waals surface area (Å²) in [5, 5.41) is 5.23. The molecule has 2 rings (SSSR count). The Bertz CT molecular complexity index is 825. The second-order valence-electron chi connectivity index (χ2n) is 5.84. The maximum absolute atomic E-state index is 12.2. The third kappa shape index (κ3) is 6.90. The van der Waals surface area contributed by atoms with E-state index in [-0.39, 0.29) is 0 Å². The van der Waals surface area contributed by atoms with Crippen molar-refractivity contribution in [3.05, 3.63) is 64.7 Å². The van der Waals surface area contributed by atoms with Crippen LogP contribution in [0.2, 0.25) is 5.02 Å². The first-order valence-electron chi connectivity index (χ1n) is 8.66. The van der Waals surface area contributed by atoms with Crippen molar-refractivity contribution < 1.29 is 19.1 Å². The quantitative estimate of drug-likeness (QED) is 0.522. The van der Waals surface area contributed by atoms with E-state index in [0.717, 1.165) is 16.2 Å². The van der Waals surface area contributed by atoms with E-state index >= 15 is 0 Å². The highest BCUT2D eigenvalue weighted by Gasteiger charge is 2.20. The van der Waals surface area contributed by atoms with Crippen molar-refractivity contribution in [2.75, 3.05) is 6.54 Å². The van der Waals surface area contributed by atoms with Gasteiger partial charge in [-0.1, -0.05) is 23.7 Å². The Morgan fingerprint density at radius 1 is 1.07 bits per heavy atom. The summed E-state index contributed by atoms with van der Waals surface area (Å²) in [7, 11) is 0. The first-order chi connectivity index (χ1) is 13.4. The summed E-state index contributed by atoms with van der Waals surface area (Å²) in [6.07, 6.45) is -1.09. The number of benzene rings is 2. The number of amides is 3. The van der Waals surface area contributed by atoms with Crippen molar-refractivity contribution in [1.82, 2.24) is 10.6 Å². The Morgan fingerprint density at radius 2 is 1.71 bits per heavy atom. The molecule has 0 aromatic heterocycles. The topological polar surface area (TPSA) is 84.5 Å². The third-order valence-corrected chi connectivity index (χ3v) is 4.97. The summed E-state index contributed by atoms with van der Waals surface area (Å²) >= 11 is 7.53. The number of rotatable bonds is 7. The van der Waals surface area contributed by atoms with Crippen molar-refractivity contribution in [2.24, 2.45) is 0 Å². The van der Waals surface area contributed by atoms with E-state index < -0.39 is 24.0 Å². The van der Waals surface area contributed by atoms with Gasteiger partial charge >= 0.3 is 12.0 Å². The molecular weight excluding hydrogens is 400 g/mol. The van der Waals surface area contributed by atoms with E-state index in [2.05, 4.69) is 10.6 Å². The fourth-order valence-electron chi connectivity index (χ4n) is 2.13. The van der Waals surface area contributed by atoms with Gasteiger partial charge in [-0.3, -0.25) is 10.1 Å². The molecule has 148 valence electrons. The van der Waals surface area contributed by atoms with Gasteiger partial charge in [-0.05, 0) is 55.8 Å². The summed E-state index contributed by atoms with van der Waals surface area (Å²) in [4.78, 5) is 36.4. The number of hydrogen-bond donors (Lipinski definition) is 2. The van der Waals surface area contributed by atoms with Crippen LogP contribution in [0.25, 0.3) is 0 Å². The lowest BCUT2D eigenvalue weighted by Crippen LogP contribution is -2.44. The van der Waals surface area contributed by atoms with Gasteiger partial charge in [0.25, 0.3) is 5.91 Å². The molecule has 0 saturated heterocycles. The molecule has 2 aromatic rings. The average Bonchev–Trinajstić information content (AvgIpc) is 2.68. The Balaban J connectivity index is 1.86. The number of carbonyl (C=O) groups is 3. The zero-order valence-corrected chi connectivity index (χ0v) is 17.1. The Hall–Kier alpha value is -2.51. The van der Waals surface area contributed by atoms with E-state index in [0.29, 0.717) is 17.1 Å². The van der Waals surface area contributed by atoms with Crippen LogP contribution in [0, 0.1) is 0 Å². The van der Waals surface area contributed by atoms with Crippen LogP contribution < -0.4 is 10.6 Å². The van der Waals surface area contributed by atoms with E-state index in [1.54, 1.807) is 30.8 Å². The standard InChI is InChI=1S/C20H21ClN2O4S/c1-3-22-20(26)23-18(24)13(2)27-19(25)15-6-4-14(5-7-15)12-28-17-10-8-16(21)9-11-17/h4-11,13H,3,12H2,1-2H3,(H2,22,23,24,26)/t13-/m0/s1. The van der Waals surface area contributed by atoms with E-state index in [9.17, 15) is 14.4 Å². The first-order valence-corrected chi connectivity index (χ1v) is 10.0. The average molecular weight is 421 g/mol. The van der Waals surface area contributed by atoms with Crippen molar-refractivity contribution >= 4 is 41.3 Å². The molecule has 3 amide bonds. The fourth-order valence-corrected chi connectivity index (χ4v) is 3.12. The SMILES string of the molecule is CCNC(=O)NC(=O)[C@H](C)OC(=O)c1ccc(CSc2ccc(Cl)cc2)cc1. The third-order valence-electron chi connectivity index (χ3n) is 3.64. The van der Waals surface area contributed by atoms with E-state index in [1.807, 2.05) is 36.4 Å². The van der Waals surface area contributed by atoms with Crippen LogP contribution >= 0.6 is 23.4 Å². The molecule has 2 N–H and O–H groups in total. The van der Waals surface area contributed by atoms with Crippen molar-refractivity contribution in [2.45, 2.75) is 30.6 Å². The number of esters is 1. The molecule has 0 unspecified atom stereocenters. The van der Waals surface area contributed by atoms with Gasteiger partial charge in [-0.25, -0.2) is 9.59 Å². The molecule has 0 bridgehead atoms. The largest absolute Gasteiger partial charge is 0.449 e. The number of ether oxygens (including phenoxy) is 1. The molecule has 28 heavy (non-hydrogen) atoms. The first kappa shape index (κ1) is 21.8. The molecule has 0 heterocycles. The lowest BCUT2D eigenvalue weighted by molar-refractivity contribution is -0.127. The number of urea groups is 1. The highest BCUT2D eigenvalue weighted by molar-refractivity contribution is 7.98. The minimum absolute atomic E-state index is 0.331. The summed E-state index contributed by atoms with van der Waals surface area (Å²) in [6, 6.07) is 13.9. The molecule has 0 aliphatic carbocycles. The summed E-state index contributed by atoms with van der Waals surface area (Å²) in [5.74, 6) is -0.576. The predicted molar refractivity (Wildman–Crippen MR) is 110 cm³/mol. The highest BCUT2D eigenvalue weighted by Crippen LogP contribution is 2.24. The molecule has 6 nitrogen and oxygen atoms in total. The van der Waals surface area contributed by atoms with Crippen molar-refractivity contribution in [3.63, 3.8) is 0 Å². The molecule has 0 saturated carbocycles. The number of imide groups is 1. The normalized spacial score (nSPS) is 11.4. The Morgan fingerprint density at radius 3 is 2.32 bits per heavy atom. The van der Waals surface area contributed by atoms with Crippen LogP contribution in [-0.4, -0.2) is 30.6 Å². The van der Waals surface area contributed by atoms with Crippen LogP contribution in [0.3, 0.4) is 0 Å². The zero-order valence-electron chi connectivity index (χ0n) is 15.5. The number of nitrogens with one attached hydrogen (secondary N) is 2. The smallest absolute Gasteiger partial charge is 0.338 e. The Labute approximate surface area is 173 Å². The zero-order chi connectivity index (χ0) is 20.5. The lowest BCUT2D eigenvalue weighted by Gasteiger charge is -2.13. The summed E-state index contributed by atoms with van der Waals surface area (Å²) in [6.45, 7) is 3.52. The predicted octanol–water partition coefficient (Wildman–Crippen LogP) is 4.02. The minimum Gasteiger partial charge on any atom is -0.449 e. The second-order valence-corrected chi connectivity index (χ2v) is 7.32. The minimum atomic E-state index is -1.09. The summed E-state index contributed by atoms with van der Waals surface area (Å²) < 4.78 is 5.11. The molecule has 0 spiro atoms. The Kier molecular flexibility index (Phi) is 8.35. The van der Waals surface area contributed by atoms with Gasteiger partial charge in [-0.15, -0.1) is 11.8 Å². The molecular formula is C20H21ClN2O4S. The van der Waals surface area contributed by atoms with Gasteiger partial charge < -0.3 is 10.1 Å². The van der Waals surface area contributed by atoms with Gasteiger partial charge in [0.05, 0.1) is 5.56 Å². The maximum atomic E-state index is 12.2. The molecule has 2 aromatic carbocycles.